The summed E-state index contributed by atoms with van der Waals surface area (Å²) in [7, 11) is 0. The molecule has 0 amide bonds. The molecule has 0 spiro atoms. The highest BCUT2D eigenvalue weighted by molar-refractivity contribution is 5.59. The van der Waals surface area contributed by atoms with Crippen molar-refractivity contribution in [1.82, 2.24) is 10.2 Å². The molecule has 1 aromatic carbocycles. The van der Waals surface area contributed by atoms with Gasteiger partial charge in [-0.3, -0.25) is 4.90 Å². The summed E-state index contributed by atoms with van der Waals surface area (Å²) in [5.74, 6) is 1.03. The molecule has 2 aliphatic rings. The van der Waals surface area contributed by atoms with Gasteiger partial charge in [0.05, 0.1) is 12.3 Å². The number of piperazine rings is 1. The van der Waals surface area contributed by atoms with E-state index in [4.69, 9.17) is 4.74 Å². The Morgan fingerprint density at radius 2 is 1.90 bits per heavy atom. The number of rotatable bonds is 3. The molecule has 1 saturated heterocycles. The third kappa shape index (κ3) is 3.33. The van der Waals surface area contributed by atoms with E-state index < -0.39 is 0 Å². The molecule has 4 heteroatoms. The van der Waals surface area contributed by atoms with E-state index >= 15 is 0 Å². The number of nitrogens with zero attached hydrogens (tertiary/aromatic N) is 2. The lowest BCUT2D eigenvalue weighted by Gasteiger charge is -2.44. The van der Waals surface area contributed by atoms with Gasteiger partial charge in [-0.1, -0.05) is 12.1 Å². The maximum absolute atomic E-state index is 5.87. The van der Waals surface area contributed by atoms with Crippen molar-refractivity contribution in [2.75, 3.05) is 50.8 Å². The van der Waals surface area contributed by atoms with Gasteiger partial charge in [0.1, 0.15) is 5.75 Å². The highest BCUT2D eigenvalue weighted by atomic mass is 16.5. The first-order valence-electron chi connectivity index (χ1n) is 8.09. The van der Waals surface area contributed by atoms with E-state index in [0.717, 1.165) is 58.0 Å². The molecule has 1 fully saturated rings. The molecule has 4 nitrogen and oxygen atoms in total. The van der Waals surface area contributed by atoms with Crippen LogP contribution in [0.15, 0.2) is 24.3 Å². The van der Waals surface area contributed by atoms with Gasteiger partial charge in [-0.15, -0.1) is 0 Å². The molecule has 0 atom stereocenters. The maximum Gasteiger partial charge on any atom is 0.142 e. The minimum absolute atomic E-state index is 0.180. The minimum Gasteiger partial charge on any atom is -0.491 e. The fraction of sp³-hybridized carbons (Fsp3) is 0.647. The summed E-state index contributed by atoms with van der Waals surface area (Å²) in [6.45, 7) is 12.2. The predicted octanol–water partition coefficient (Wildman–Crippen LogP) is 1.96. The zero-order valence-electron chi connectivity index (χ0n) is 13.3. The molecule has 2 aliphatic heterocycles. The third-order valence-corrected chi connectivity index (χ3v) is 4.59. The first kappa shape index (κ1) is 14.7. The molecule has 1 aromatic rings. The molecular weight excluding hydrogens is 262 g/mol. The van der Waals surface area contributed by atoms with Crippen LogP contribution in [0.25, 0.3) is 0 Å². The van der Waals surface area contributed by atoms with Crippen LogP contribution in [0.3, 0.4) is 0 Å². The summed E-state index contributed by atoms with van der Waals surface area (Å²) in [4.78, 5) is 5.11. The van der Waals surface area contributed by atoms with Crippen LogP contribution in [0, 0.1) is 0 Å². The summed E-state index contributed by atoms with van der Waals surface area (Å²) in [6.07, 6.45) is 1.09. The van der Waals surface area contributed by atoms with Crippen molar-refractivity contribution < 1.29 is 4.74 Å². The summed E-state index contributed by atoms with van der Waals surface area (Å²) < 4.78 is 5.87. The van der Waals surface area contributed by atoms with E-state index in [9.17, 15) is 0 Å². The standard InChI is InChI=1S/C17H27N3O/c1-17(2,20-11-8-18-9-12-20)14-19-10-5-13-21-16-7-4-3-6-15(16)19/h3-4,6-7,18H,5,8-14H2,1-2H3. The van der Waals surface area contributed by atoms with Crippen molar-refractivity contribution in [3.8, 4) is 5.75 Å². The van der Waals surface area contributed by atoms with E-state index in [1.807, 2.05) is 0 Å². The summed E-state index contributed by atoms with van der Waals surface area (Å²) in [5.41, 5.74) is 1.43. The molecular formula is C17H27N3O. The Morgan fingerprint density at radius 1 is 1.14 bits per heavy atom. The van der Waals surface area contributed by atoms with Crippen molar-refractivity contribution >= 4 is 5.69 Å². The van der Waals surface area contributed by atoms with Crippen LogP contribution in [0.4, 0.5) is 5.69 Å². The first-order chi connectivity index (χ1) is 10.2. The average Bonchev–Trinajstić information content (AvgIpc) is 2.71. The average molecular weight is 289 g/mol. The van der Waals surface area contributed by atoms with Crippen molar-refractivity contribution in [1.29, 1.82) is 0 Å². The van der Waals surface area contributed by atoms with Crippen LogP contribution < -0.4 is 15.0 Å². The summed E-state index contributed by atoms with van der Waals surface area (Å²) in [6, 6.07) is 8.45. The van der Waals surface area contributed by atoms with Crippen molar-refractivity contribution in [3.05, 3.63) is 24.3 Å². The fourth-order valence-electron chi connectivity index (χ4n) is 3.40. The van der Waals surface area contributed by atoms with Gasteiger partial charge in [0.2, 0.25) is 0 Å². The second-order valence-corrected chi connectivity index (χ2v) is 6.64. The van der Waals surface area contributed by atoms with Gasteiger partial charge >= 0.3 is 0 Å². The van der Waals surface area contributed by atoms with Gasteiger partial charge in [0, 0.05) is 44.8 Å². The Hall–Kier alpha value is -1.26. The lowest BCUT2D eigenvalue weighted by molar-refractivity contribution is 0.108. The van der Waals surface area contributed by atoms with Gasteiger partial charge in [-0.2, -0.15) is 0 Å². The number of anilines is 1. The minimum atomic E-state index is 0.180. The Balaban J connectivity index is 1.77. The number of ether oxygens (including phenoxy) is 1. The molecule has 2 heterocycles. The molecule has 0 unspecified atom stereocenters. The summed E-state index contributed by atoms with van der Waals surface area (Å²) in [5, 5.41) is 3.44. The summed E-state index contributed by atoms with van der Waals surface area (Å²) >= 11 is 0. The van der Waals surface area contributed by atoms with Gasteiger partial charge in [0.25, 0.3) is 0 Å². The molecule has 0 radical (unpaired) electrons. The lowest BCUT2D eigenvalue weighted by atomic mass is 10.00. The van der Waals surface area contributed by atoms with Gasteiger partial charge in [-0.25, -0.2) is 0 Å². The van der Waals surface area contributed by atoms with Crippen LogP contribution in [0.1, 0.15) is 20.3 Å². The van der Waals surface area contributed by atoms with E-state index in [-0.39, 0.29) is 5.54 Å². The topological polar surface area (TPSA) is 27.7 Å². The van der Waals surface area contributed by atoms with Crippen molar-refractivity contribution in [2.24, 2.45) is 0 Å². The quantitative estimate of drug-likeness (QED) is 0.920. The lowest BCUT2D eigenvalue weighted by Crippen LogP contribution is -2.57. The number of para-hydroxylation sites is 2. The molecule has 116 valence electrons. The second kappa shape index (κ2) is 6.24. The van der Waals surface area contributed by atoms with E-state index in [2.05, 4.69) is 53.2 Å². The van der Waals surface area contributed by atoms with E-state index in [1.165, 1.54) is 5.69 Å². The van der Waals surface area contributed by atoms with Crippen LogP contribution in [0.5, 0.6) is 5.75 Å². The van der Waals surface area contributed by atoms with Crippen LogP contribution in [0.2, 0.25) is 0 Å². The monoisotopic (exact) mass is 289 g/mol. The zero-order valence-corrected chi connectivity index (χ0v) is 13.3. The van der Waals surface area contributed by atoms with Crippen molar-refractivity contribution in [3.63, 3.8) is 0 Å². The maximum atomic E-state index is 5.87. The zero-order chi connectivity index (χ0) is 14.7. The Labute approximate surface area is 128 Å². The van der Waals surface area contributed by atoms with E-state index in [1.54, 1.807) is 0 Å². The van der Waals surface area contributed by atoms with Gasteiger partial charge in [0.15, 0.2) is 0 Å². The number of benzene rings is 1. The van der Waals surface area contributed by atoms with Gasteiger partial charge < -0.3 is 15.0 Å². The fourth-order valence-corrected chi connectivity index (χ4v) is 3.40. The van der Waals surface area contributed by atoms with E-state index in [0.29, 0.717) is 0 Å². The Morgan fingerprint density at radius 3 is 2.71 bits per heavy atom. The molecule has 3 rings (SSSR count). The number of fused-ring (bicyclic) bond motifs is 1. The SMILES string of the molecule is CC(C)(CN1CCCOc2ccccc21)N1CCNCC1. The first-order valence-corrected chi connectivity index (χ1v) is 8.09. The van der Waals surface area contributed by atoms with Gasteiger partial charge in [-0.05, 0) is 32.4 Å². The molecule has 21 heavy (non-hydrogen) atoms. The number of hydrogen-bond donors (Lipinski definition) is 1. The van der Waals surface area contributed by atoms with Crippen molar-refractivity contribution in [2.45, 2.75) is 25.8 Å². The Kier molecular flexibility index (Phi) is 4.36. The van der Waals surface area contributed by atoms with Crippen LogP contribution in [-0.4, -0.2) is 56.3 Å². The predicted molar refractivity (Wildman–Crippen MR) is 87.3 cm³/mol. The third-order valence-electron chi connectivity index (χ3n) is 4.59. The highest BCUT2D eigenvalue weighted by Gasteiger charge is 2.31. The Bertz CT molecular complexity index is 469. The molecule has 1 N–H and O–H groups in total. The molecule has 0 aromatic heterocycles. The second-order valence-electron chi connectivity index (χ2n) is 6.64. The molecule has 0 bridgehead atoms. The normalized spacial score (nSPS) is 20.6. The number of nitrogens with one attached hydrogen (secondary N) is 1. The molecule has 0 saturated carbocycles. The molecule has 0 aliphatic carbocycles. The highest BCUT2D eigenvalue weighted by Crippen LogP contribution is 2.32. The smallest absolute Gasteiger partial charge is 0.142 e. The largest absolute Gasteiger partial charge is 0.491 e. The van der Waals surface area contributed by atoms with Crippen LogP contribution >= 0.6 is 0 Å². The number of hydrogen-bond acceptors (Lipinski definition) is 4. The van der Waals surface area contributed by atoms with Crippen LogP contribution in [-0.2, 0) is 0 Å².